The topological polar surface area (TPSA) is 72.5 Å². The Kier molecular flexibility index (Phi) is 5.67. The normalized spacial score (nSPS) is 19.6. The number of nitrogens with zero attached hydrogens (tertiary/aromatic N) is 1. The number of carboxylic acid groups (broad SMARTS) is 1. The highest BCUT2D eigenvalue weighted by Gasteiger charge is 2.45. The van der Waals surface area contributed by atoms with Crippen molar-refractivity contribution in [3.8, 4) is 0 Å². The number of benzene rings is 1. The Morgan fingerprint density at radius 1 is 1.15 bits per heavy atom. The minimum atomic E-state index is -3.19. The lowest BCUT2D eigenvalue weighted by Gasteiger charge is -2.33. The standard InChI is InChI=1S/C20H26F2N2O3/c21-20(22,12-15-4-2-1-3-5-15)13-16(17(25)26)14-23-18(27)24-10-8-19(6-7-19)9-11-24/h1-5,16H,6-14H2,(H,23,27)(H,25,26)/p-1/t16-/m0/s1. The van der Waals surface area contributed by atoms with Crippen LogP contribution in [0.2, 0.25) is 0 Å². The van der Waals surface area contributed by atoms with E-state index in [0.717, 1.165) is 12.8 Å². The maximum absolute atomic E-state index is 14.3. The lowest BCUT2D eigenvalue weighted by molar-refractivity contribution is -0.313. The van der Waals surface area contributed by atoms with Crippen molar-refractivity contribution < 1.29 is 23.5 Å². The van der Waals surface area contributed by atoms with Crippen molar-refractivity contribution in [2.75, 3.05) is 19.6 Å². The van der Waals surface area contributed by atoms with E-state index in [4.69, 9.17) is 0 Å². The Bertz CT molecular complexity index is 667. The molecule has 1 N–H and O–H groups in total. The molecular formula is C20H25F2N2O3-. The van der Waals surface area contributed by atoms with Gasteiger partial charge >= 0.3 is 6.03 Å². The van der Waals surface area contributed by atoms with Crippen LogP contribution in [0, 0.1) is 11.3 Å². The first-order chi connectivity index (χ1) is 12.8. The number of hydrogen-bond donors (Lipinski definition) is 1. The van der Waals surface area contributed by atoms with Gasteiger partial charge in [0.25, 0.3) is 5.92 Å². The van der Waals surface area contributed by atoms with E-state index in [1.807, 2.05) is 0 Å². The molecule has 2 amide bonds. The summed E-state index contributed by atoms with van der Waals surface area (Å²) in [5.74, 6) is -6.20. The maximum Gasteiger partial charge on any atom is 0.317 e. The zero-order valence-electron chi connectivity index (χ0n) is 15.3. The minimum absolute atomic E-state index is 0.354. The van der Waals surface area contributed by atoms with Crippen molar-refractivity contribution >= 4 is 12.0 Å². The van der Waals surface area contributed by atoms with Crippen LogP contribution >= 0.6 is 0 Å². The summed E-state index contributed by atoms with van der Waals surface area (Å²) in [7, 11) is 0. The molecule has 148 valence electrons. The molecule has 1 aromatic carbocycles. The summed E-state index contributed by atoms with van der Waals surface area (Å²) >= 11 is 0. The average Bonchev–Trinajstić information content (AvgIpc) is 3.38. The molecule has 1 saturated carbocycles. The third-order valence-electron chi connectivity index (χ3n) is 5.75. The number of carbonyl (C=O) groups is 2. The predicted molar refractivity (Wildman–Crippen MR) is 94.1 cm³/mol. The van der Waals surface area contributed by atoms with Crippen LogP contribution < -0.4 is 10.4 Å². The van der Waals surface area contributed by atoms with E-state index in [2.05, 4.69) is 5.32 Å². The van der Waals surface area contributed by atoms with Gasteiger partial charge in [0.1, 0.15) is 0 Å². The molecule has 0 radical (unpaired) electrons. The number of aliphatic carboxylic acids is 1. The van der Waals surface area contributed by atoms with Gasteiger partial charge in [-0.25, -0.2) is 13.6 Å². The van der Waals surface area contributed by atoms with Crippen molar-refractivity contribution in [1.29, 1.82) is 0 Å². The molecule has 1 atom stereocenters. The fourth-order valence-electron chi connectivity index (χ4n) is 3.75. The zero-order valence-corrected chi connectivity index (χ0v) is 15.3. The van der Waals surface area contributed by atoms with E-state index in [0.29, 0.717) is 24.1 Å². The van der Waals surface area contributed by atoms with Crippen LogP contribution in [-0.4, -0.2) is 42.5 Å². The fourth-order valence-corrected chi connectivity index (χ4v) is 3.75. The molecule has 1 aliphatic heterocycles. The van der Waals surface area contributed by atoms with Crippen LogP contribution in [0.4, 0.5) is 13.6 Å². The lowest BCUT2D eigenvalue weighted by Crippen LogP contribution is -2.48. The van der Waals surface area contributed by atoms with Gasteiger partial charge in [0.2, 0.25) is 0 Å². The number of halogens is 2. The first-order valence-corrected chi connectivity index (χ1v) is 9.44. The summed E-state index contributed by atoms with van der Waals surface area (Å²) in [5, 5.41) is 13.8. The average molecular weight is 379 g/mol. The Balaban J connectivity index is 1.49. The molecule has 7 heteroatoms. The number of alkyl halides is 2. The van der Waals surface area contributed by atoms with Crippen LogP contribution in [0.3, 0.4) is 0 Å². The van der Waals surface area contributed by atoms with Gasteiger partial charge in [0.05, 0.1) is 0 Å². The number of rotatable bonds is 7. The number of carboxylic acids is 1. The monoisotopic (exact) mass is 379 g/mol. The van der Waals surface area contributed by atoms with Crippen molar-refractivity contribution in [2.45, 2.75) is 44.4 Å². The SMILES string of the molecule is O=C([O-])[C@H](CNC(=O)N1CCC2(CC1)CC2)CC(F)(F)Cc1ccccc1. The van der Waals surface area contributed by atoms with Crippen molar-refractivity contribution in [1.82, 2.24) is 10.2 Å². The van der Waals surface area contributed by atoms with E-state index in [1.54, 1.807) is 35.2 Å². The number of piperidine rings is 1. The van der Waals surface area contributed by atoms with E-state index in [1.165, 1.54) is 12.8 Å². The molecule has 3 rings (SSSR count). The number of carbonyl (C=O) groups excluding carboxylic acids is 2. The summed E-state index contributed by atoms with van der Waals surface area (Å²) in [6, 6.07) is 7.81. The molecule has 2 fully saturated rings. The van der Waals surface area contributed by atoms with Gasteiger partial charge in [-0.3, -0.25) is 0 Å². The highest BCUT2D eigenvalue weighted by atomic mass is 19.3. The minimum Gasteiger partial charge on any atom is -0.550 e. The Morgan fingerprint density at radius 3 is 2.33 bits per heavy atom. The van der Waals surface area contributed by atoms with Crippen molar-refractivity contribution in [2.24, 2.45) is 11.3 Å². The molecule has 2 aliphatic rings. The molecule has 1 aliphatic carbocycles. The highest BCUT2D eigenvalue weighted by Crippen LogP contribution is 2.53. The Hall–Kier alpha value is -2.18. The van der Waals surface area contributed by atoms with Gasteiger partial charge in [-0.15, -0.1) is 0 Å². The summed E-state index contributed by atoms with van der Waals surface area (Å²) in [4.78, 5) is 25.2. The van der Waals surface area contributed by atoms with Gasteiger partial charge < -0.3 is 20.1 Å². The molecule has 1 saturated heterocycles. The van der Waals surface area contributed by atoms with Crippen LogP contribution in [-0.2, 0) is 11.2 Å². The number of nitrogens with one attached hydrogen (secondary N) is 1. The molecular weight excluding hydrogens is 354 g/mol. The zero-order chi connectivity index (χ0) is 19.5. The molecule has 0 bridgehead atoms. The maximum atomic E-state index is 14.3. The second-order valence-corrected chi connectivity index (χ2v) is 7.91. The molecule has 1 aromatic rings. The molecule has 27 heavy (non-hydrogen) atoms. The number of likely N-dealkylation sites (tertiary alicyclic amines) is 1. The third-order valence-corrected chi connectivity index (χ3v) is 5.75. The van der Waals surface area contributed by atoms with Gasteiger partial charge in [-0.1, -0.05) is 30.3 Å². The molecule has 5 nitrogen and oxygen atoms in total. The largest absolute Gasteiger partial charge is 0.550 e. The first kappa shape index (κ1) is 19.6. The molecule has 0 aromatic heterocycles. The summed E-state index contributed by atoms with van der Waals surface area (Å²) in [5.41, 5.74) is 0.857. The van der Waals surface area contributed by atoms with Gasteiger partial charge in [0, 0.05) is 44.4 Å². The van der Waals surface area contributed by atoms with E-state index in [9.17, 15) is 23.5 Å². The predicted octanol–water partition coefficient (Wildman–Crippen LogP) is 2.21. The highest BCUT2D eigenvalue weighted by molar-refractivity contribution is 5.75. The van der Waals surface area contributed by atoms with Gasteiger partial charge in [-0.2, -0.15) is 0 Å². The fraction of sp³-hybridized carbons (Fsp3) is 0.600. The summed E-state index contributed by atoms with van der Waals surface area (Å²) in [6.45, 7) is 0.908. The van der Waals surface area contributed by atoms with Crippen LogP contribution in [0.5, 0.6) is 0 Å². The number of urea groups is 1. The lowest BCUT2D eigenvalue weighted by atomic mass is 9.94. The van der Waals surface area contributed by atoms with Crippen molar-refractivity contribution in [3.63, 3.8) is 0 Å². The van der Waals surface area contributed by atoms with Gasteiger partial charge in [0.15, 0.2) is 0 Å². The van der Waals surface area contributed by atoms with Crippen LogP contribution in [0.1, 0.15) is 37.7 Å². The van der Waals surface area contributed by atoms with Crippen LogP contribution in [0.25, 0.3) is 0 Å². The van der Waals surface area contributed by atoms with Crippen molar-refractivity contribution in [3.05, 3.63) is 35.9 Å². The molecule has 1 spiro atoms. The number of hydrogen-bond acceptors (Lipinski definition) is 3. The smallest absolute Gasteiger partial charge is 0.317 e. The first-order valence-electron chi connectivity index (χ1n) is 9.44. The Labute approximate surface area is 157 Å². The second-order valence-electron chi connectivity index (χ2n) is 7.91. The molecule has 1 heterocycles. The van der Waals surface area contributed by atoms with Gasteiger partial charge in [-0.05, 0) is 36.7 Å². The quantitative estimate of drug-likeness (QED) is 0.789. The summed E-state index contributed by atoms with van der Waals surface area (Å²) < 4.78 is 28.6. The summed E-state index contributed by atoms with van der Waals surface area (Å²) in [6.07, 6.45) is 2.93. The Morgan fingerprint density at radius 2 is 1.78 bits per heavy atom. The molecule has 0 unspecified atom stereocenters. The van der Waals surface area contributed by atoms with E-state index >= 15 is 0 Å². The van der Waals surface area contributed by atoms with Crippen LogP contribution in [0.15, 0.2) is 30.3 Å². The second kappa shape index (κ2) is 7.82. The van der Waals surface area contributed by atoms with E-state index in [-0.39, 0.29) is 12.6 Å². The third kappa shape index (κ3) is 5.40. The number of amides is 2. The van der Waals surface area contributed by atoms with E-state index < -0.39 is 30.7 Å².